The van der Waals surface area contributed by atoms with Crippen LogP contribution in [-0.4, -0.2) is 22.0 Å². The molecule has 0 aliphatic heterocycles. The van der Waals surface area contributed by atoms with Crippen LogP contribution in [0.25, 0.3) is 0 Å². The number of hydrogen-bond donors (Lipinski definition) is 2. The van der Waals surface area contributed by atoms with Crippen molar-refractivity contribution in [1.82, 2.24) is 4.98 Å². The molecular formula is C14H14N2O3S. The second kappa shape index (κ2) is 5.83. The van der Waals surface area contributed by atoms with E-state index in [1.54, 1.807) is 11.4 Å². The van der Waals surface area contributed by atoms with Crippen molar-refractivity contribution in [1.29, 1.82) is 0 Å². The number of carboxylic acid groups (broad SMARTS) is 1. The van der Waals surface area contributed by atoms with E-state index in [1.165, 1.54) is 11.3 Å². The second-order valence-electron chi connectivity index (χ2n) is 4.42. The quantitative estimate of drug-likeness (QED) is 0.907. The molecule has 1 amide bonds. The predicted molar refractivity (Wildman–Crippen MR) is 77.3 cm³/mol. The minimum absolute atomic E-state index is 0.143. The number of amides is 1. The van der Waals surface area contributed by atoms with Gasteiger partial charge < -0.3 is 5.11 Å². The van der Waals surface area contributed by atoms with Gasteiger partial charge in [0.25, 0.3) is 5.91 Å². The molecular weight excluding hydrogens is 276 g/mol. The summed E-state index contributed by atoms with van der Waals surface area (Å²) in [5, 5.41) is 13.4. The number of aryl methyl sites for hydroxylation is 1. The Morgan fingerprint density at radius 3 is 2.80 bits per heavy atom. The Morgan fingerprint density at radius 1 is 1.35 bits per heavy atom. The number of rotatable bonds is 4. The molecule has 104 valence electrons. The minimum atomic E-state index is -0.942. The number of nitrogens with zero attached hydrogens (tertiary/aromatic N) is 1. The zero-order chi connectivity index (χ0) is 14.7. The van der Waals surface area contributed by atoms with E-state index in [0.717, 1.165) is 11.1 Å². The summed E-state index contributed by atoms with van der Waals surface area (Å²) in [5.74, 6) is -1.18. The molecule has 6 heteroatoms. The molecule has 0 spiro atoms. The van der Waals surface area contributed by atoms with Crippen LogP contribution in [-0.2, 0) is 11.2 Å². The van der Waals surface area contributed by atoms with Crippen LogP contribution in [0.15, 0.2) is 23.6 Å². The van der Waals surface area contributed by atoms with E-state index in [1.807, 2.05) is 26.0 Å². The lowest BCUT2D eigenvalue weighted by Gasteiger charge is -2.07. The van der Waals surface area contributed by atoms with Gasteiger partial charge in [-0.1, -0.05) is 12.1 Å². The Balaban J connectivity index is 2.13. The minimum Gasteiger partial charge on any atom is -0.481 e. The number of thiazole rings is 1. The molecule has 0 bridgehead atoms. The monoisotopic (exact) mass is 290 g/mol. The number of nitrogens with one attached hydrogen (secondary N) is 1. The van der Waals surface area contributed by atoms with Crippen molar-refractivity contribution >= 4 is 28.3 Å². The van der Waals surface area contributed by atoms with Crippen LogP contribution in [0, 0.1) is 13.8 Å². The summed E-state index contributed by atoms with van der Waals surface area (Å²) < 4.78 is 0. The zero-order valence-corrected chi connectivity index (χ0v) is 12.0. The fourth-order valence-corrected chi connectivity index (χ4v) is 2.47. The van der Waals surface area contributed by atoms with Gasteiger partial charge in [0.15, 0.2) is 5.13 Å². The van der Waals surface area contributed by atoms with E-state index in [4.69, 9.17) is 5.11 Å². The van der Waals surface area contributed by atoms with Gasteiger partial charge in [0.05, 0.1) is 12.1 Å². The van der Waals surface area contributed by atoms with Gasteiger partial charge in [-0.05, 0) is 31.0 Å². The molecule has 0 unspecified atom stereocenters. The molecule has 5 nitrogen and oxygen atoms in total. The summed E-state index contributed by atoms with van der Waals surface area (Å²) >= 11 is 1.22. The first-order chi connectivity index (χ1) is 9.47. The number of hydrogen-bond acceptors (Lipinski definition) is 4. The van der Waals surface area contributed by atoms with Crippen molar-refractivity contribution in [2.75, 3.05) is 5.32 Å². The Kier molecular flexibility index (Phi) is 4.14. The summed E-state index contributed by atoms with van der Waals surface area (Å²) in [6.45, 7) is 3.84. The molecule has 0 fully saturated rings. The van der Waals surface area contributed by atoms with Gasteiger partial charge in [-0.15, -0.1) is 11.3 Å². The fourth-order valence-electron chi connectivity index (χ4n) is 1.76. The largest absolute Gasteiger partial charge is 0.481 e. The van der Waals surface area contributed by atoms with E-state index in [9.17, 15) is 9.59 Å². The summed E-state index contributed by atoms with van der Waals surface area (Å²) in [7, 11) is 0. The molecule has 2 aromatic rings. The predicted octanol–water partition coefficient (Wildman–Crippen LogP) is 2.64. The molecule has 1 heterocycles. The van der Waals surface area contributed by atoms with E-state index < -0.39 is 5.97 Å². The second-order valence-corrected chi connectivity index (χ2v) is 5.27. The van der Waals surface area contributed by atoms with Crippen molar-refractivity contribution in [2.24, 2.45) is 0 Å². The summed E-state index contributed by atoms with van der Waals surface area (Å²) in [6, 6.07) is 5.53. The van der Waals surface area contributed by atoms with Crippen LogP contribution in [0.2, 0.25) is 0 Å². The Morgan fingerprint density at radius 2 is 2.10 bits per heavy atom. The van der Waals surface area contributed by atoms with Gasteiger partial charge in [-0.3, -0.25) is 14.9 Å². The molecule has 0 aliphatic rings. The van der Waals surface area contributed by atoms with Gasteiger partial charge in [-0.25, -0.2) is 4.98 Å². The van der Waals surface area contributed by atoms with Crippen LogP contribution in [0.3, 0.4) is 0 Å². The van der Waals surface area contributed by atoms with Crippen molar-refractivity contribution in [3.05, 3.63) is 46.0 Å². The van der Waals surface area contributed by atoms with Crippen LogP contribution < -0.4 is 5.32 Å². The standard InChI is InChI=1S/C14H14N2O3S/c1-8-4-3-5-11(9(8)2)13(19)16-14-15-10(7-20-14)6-12(17)18/h3-5,7H,6H2,1-2H3,(H,17,18)(H,15,16,19). The molecule has 0 saturated carbocycles. The van der Waals surface area contributed by atoms with Crippen LogP contribution in [0.5, 0.6) is 0 Å². The average Bonchev–Trinajstić information content (AvgIpc) is 2.79. The summed E-state index contributed by atoms with van der Waals surface area (Å²) in [4.78, 5) is 26.8. The van der Waals surface area contributed by atoms with E-state index in [2.05, 4.69) is 10.3 Å². The van der Waals surface area contributed by atoms with Crippen molar-refractivity contribution in [3.8, 4) is 0 Å². The molecule has 1 aromatic carbocycles. The molecule has 0 aliphatic carbocycles. The van der Waals surface area contributed by atoms with E-state index >= 15 is 0 Å². The summed E-state index contributed by atoms with van der Waals surface area (Å²) in [5.41, 5.74) is 3.01. The Labute approximate surface area is 120 Å². The van der Waals surface area contributed by atoms with Gasteiger partial charge in [-0.2, -0.15) is 0 Å². The zero-order valence-electron chi connectivity index (χ0n) is 11.1. The number of anilines is 1. The molecule has 2 rings (SSSR count). The highest BCUT2D eigenvalue weighted by Crippen LogP contribution is 2.19. The maximum atomic E-state index is 12.2. The first kappa shape index (κ1) is 14.2. The van der Waals surface area contributed by atoms with E-state index in [-0.39, 0.29) is 12.3 Å². The summed E-state index contributed by atoms with van der Waals surface area (Å²) in [6.07, 6.45) is -0.143. The molecule has 2 N–H and O–H groups in total. The molecule has 0 saturated heterocycles. The van der Waals surface area contributed by atoms with Crippen molar-refractivity contribution in [3.63, 3.8) is 0 Å². The number of carboxylic acids is 1. The number of aromatic nitrogens is 1. The molecule has 0 atom stereocenters. The van der Waals surface area contributed by atoms with Crippen molar-refractivity contribution in [2.45, 2.75) is 20.3 Å². The Bertz CT molecular complexity index is 664. The number of aliphatic carboxylic acids is 1. The third-order valence-electron chi connectivity index (χ3n) is 2.95. The third-order valence-corrected chi connectivity index (χ3v) is 3.76. The normalized spacial score (nSPS) is 10.3. The van der Waals surface area contributed by atoms with Gasteiger partial charge in [0.2, 0.25) is 0 Å². The maximum absolute atomic E-state index is 12.2. The highest BCUT2D eigenvalue weighted by atomic mass is 32.1. The van der Waals surface area contributed by atoms with Crippen LogP contribution >= 0.6 is 11.3 Å². The topological polar surface area (TPSA) is 79.3 Å². The smallest absolute Gasteiger partial charge is 0.309 e. The van der Waals surface area contributed by atoms with E-state index in [0.29, 0.717) is 16.4 Å². The first-order valence-electron chi connectivity index (χ1n) is 6.01. The van der Waals surface area contributed by atoms with Crippen molar-refractivity contribution < 1.29 is 14.7 Å². The van der Waals surface area contributed by atoms with Crippen LogP contribution in [0.1, 0.15) is 27.2 Å². The maximum Gasteiger partial charge on any atom is 0.309 e. The number of benzene rings is 1. The van der Waals surface area contributed by atoms with Crippen LogP contribution in [0.4, 0.5) is 5.13 Å². The Hall–Kier alpha value is -2.21. The lowest BCUT2D eigenvalue weighted by molar-refractivity contribution is -0.136. The lowest BCUT2D eigenvalue weighted by atomic mass is 10.0. The van der Waals surface area contributed by atoms with Gasteiger partial charge >= 0.3 is 5.97 Å². The highest BCUT2D eigenvalue weighted by Gasteiger charge is 2.13. The molecule has 20 heavy (non-hydrogen) atoms. The number of carbonyl (C=O) groups is 2. The first-order valence-corrected chi connectivity index (χ1v) is 6.89. The highest BCUT2D eigenvalue weighted by molar-refractivity contribution is 7.14. The molecule has 1 aromatic heterocycles. The van der Waals surface area contributed by atoms with Gasteiger partial charge in [0, 0.05) is 10.9 Å². The fraction of sp³-hybridized carbons (Fsp3) is 0.214. The lowest BCUT2D eigenvalue weighted by Crippen LogP contribution is -2.13. The number of carbonyl (C=O) groups excluding carboxylic acids is 1. The molecule has 0 radical (unpaired) electrons. The van der Waals surface area contributed by atoms with Gasteiger partial charge in [0.1, 0.15) is 0 Å². The third kappa shape index (κ3) is 3.21. The SMILES string of the molecule is Cc1cccc(C(=O)Nc2nc(CC(=O)O)cs2)c1C. The average molecular weight is 290 g/mol.